The molecule has 0 unspecified atom stereocenters. The average Bonchev–Trinajstić information content (AvgIpc) is 2.34. The quantitative estimate of drug-likeness (QED) is 0.784. The Labute approximate surface area is 75.9 Å². The Hall–Kier alpha value is -0.830. The first-order valence-corrected chi connectivity index (χ1v) is 4.78. The number of rotatable bonds is 3. The second kappa shape index (κ2) is 3.72. The maximum atomic E-state index is 10.5. The molecule has 12 heavy (non-hydrogen) atoms. The van der Waals surface area contributed by atoms with Crippen molar-refractivity contribution >= 4 is 17.3 Å². The zero-order valence-electron chi connectivity index (χ0n) is 7.20. The number of aromatic carboxylic acids is 1. The molecular weight excluding hydrogens is 172 g/mol. The second-order valence-electron chi connectivity index (χ2n) is 3.22. The summed E-state index contributed by atoms with van der Waals surface area (Å²) in [5.74, 6) is -0.240. The van der Waals surface area contributed by atoms with Gasteiger partial charge in [0, 0.05) is 0 Å². The number of hydrogen-bond donors (Lipinski definition) is 1. The molecule has 1 aromatic rings. The predicted octanol–water partition coefficient (Wildman–Crippen LogP) is 2.64. The fourth-order valence-corrected chi connectivity index (χ4v) is 1.83. The second-order valence-corrected chi connectivity index (χ2v) is 4.13. The molecule has 0 atom stereocenters. The minimum atomic E-state index is -0.824. The van der Waals surface area contributed by atoms with Crippen LogP contribution in [0.5, 0.6) is 0 Å². The number of carboxylic acid groups (broad SMARTS) is 1. The zero-order valence-corrected chi connectivity index (χ0v) is 8.02. The minimum Gasteiger partial charge on any atom is -0.477 e. The monoisotopic (exact) mass is 184 g/mol. The molecule has 0 bridgehead atoms. The van der Waals surface area contributed by atoms with Gasteiger partial charge in [0.25, 0.3) is 0 Å². The largest absolute Gasteiger partial charge is 0.477 e. The van der Waals surface area contributed by atoms with Gasteiger partial charge in [0.15, 0.2) is 0 Å². The van der Waals surface area contributed by atoms with Crippen molar-refractivity contribution in [3.05, 3.63) is 21.9 Å². The van der Waals surface area contributed by atoms with Gasteiger partial charge < -0.3 is 5.11 Å². The van der Waals surface area contributed by atoms with E-state index in [2.05, 4.69) is 13.8 Å². The maximum absolute atomic E-state index is 10.5. The summed E-state index contributed by atoms with van der Waals surface area (Å²) in [5.41, 5.74) is 1.13. The lowest BCUT2D eigenvalue weighted by atomic mass is 10.1. The SMILES string of the molecule is CC(C)Cc1csc(C(=O)O)c1. The molecule has 0 aliphatic rings. The summed E-state index contributed by atoms with van der Waals surface area (Å²) >= 11 is 1.30. The van der Waals surface area contributed by atoms with E-state index in [1.807, 2.05) is 5.38 Å². The molecule has 0 aliphatic heterocycles. The maximum Gasteiger partial charge on any atom is 0.345 e. The Bertz CT molecular complexity index is 276. The molecule has 1 aromatic heterocycles. The molecule has 0 fully saturated rings. The molecule has 0 saturated heterocycles. The van der Waals surface area contributed by atoms with E-state index in [0.29, 0.717) is 10.8 Å². The summed E-state index contributed by atoms with van der Waals surface area (Å²) in [6, 6.07) is 1.76. The van der Waals surface area contributed by atoms with Crippen LogP contribution < -0.4 is 0 Å². The highest BCUT2D eigenvalue weighted by Gasteiger charge is 2.07. The molecule has 0 spiro atoms. The van der Waals surface area contributed by atoms with E-state index in [1.54, 1.807) is 6.07 Å². The third kappa shape index (κ3) is 2.34. The molecule has 0 radical (unpaired) electrons. The molecule has 0 amide bonds. The standard InChI is InChI=1S/C9H12O2S/c1-6(2)3-7-4-8(9(10)11)12-5-7/h4-6H,3H2,1-2H3,(H,10,11). The van der Waals surface area contributed by atoms with Crippen LogP contribution in [0.4, 0.5) is 0 Å². The normalized spacial score (nSPS) is 10.6. The van der Waals surface area contributed by atoms with Gasteiger partial charge in [-0.25, -0.2) is 4.79 Å². The van der Waals surface area contributed by atoms with Crippen molar-refractivity contribution in [1.82, 2.24) is 0 Å². The van der Waals surface area contributed by atoms with Crippen LogP contribution in [0.1, 0.15) is 29.1 Å². The van der Waals surface area contributed by atoms with Crippen LogP contribution in [0.25, 0.3) is 0 Å². The fourth-order valence-electron chi connectivity index (χ4n) is 1.07. The van der Waals surface area contributed by atoms with Crippen molar-refractivity contribution in [2.75, 3.05) is 0 Å². The predicted molar refractivity (Wildman–Crippen MR) is 49.8 cm³/mol. The van der Waals surface area contributed by atoms with Gasteiger partial charge in [-0.05, 0) is 29.3 Å². The summed E-state index contributed by atoms with van der Waals surface area (Å²) in [6.45, 7) is 4.25. The molecule has 2 nitrogen and oxygen atoms in total. The van der Waals surface area contributed by atoms with Crippen LogP contribution in [0.3, 0.4) is 0 Å². The lowest BCUT2D eigenvalue weighted by molar-refractivity contribution is 0.0702. The molecule has 0 aromatic carbocycles. The Morgan fingerprint density at radius 3 is 2.75 bits per heavy atom. The lowest BCUT2D eigenvalue weighted by Gasteiger charge is -1.99. The Kier molecular flexibility index (Phi) is 2.87. The van der Waals surface area contributed by atoms with Gasteiger partial charge in [-0.3, -0.25) is 0 Å². The fraction of sp³-hybridized carbons (Fsp3) is 0.444. The van der Waals surface area contributed by atoms with E-state index in [9.17, 15) is 4.79 Å². The van der Waals surface area contributed by atoms with Gasteiger partial charge in [-0.2, -0.15) is 0 Å². The van der Waals surface area contributed by atoms with Gasteiger partial charge in [0.2, 0.25) is 0 Å². The molecular formula is C9H12O2S. The first-order chi connectivity index (χ1) is 5.59. The molecule has 66 valence electrons. The van der Waals surface area contributed by atoms with Crippen LogP contribution in [0.2, 0.25) is 0 Å². The highest BCUT2D eigenvalue weighted by molar-refractivity contribution is 7.12. The van der Waals surface area contributed by atoms with Gasteiger partial charge in [-0.1, -0.05) is 13.8 Å². The summed E-state index contributed by atoms with van der Waals surface area (Å²) in [5, 5.41) is 10.6. The van der Waals surface area contributed by atoms with Crippen LogP contribution >= 0.6 is 11.3 Å². The number of carbonyl (C=O) groups is 1. The molecule has 1 rings (SSSR count). The van der Waals surface area contributed by atoms with Crippen LogP contribution in [-0.2, 0) is 6.42 Å². The molecule has 1 heterocycles. The van der Waals surface area contributed by atoms with Crippen molar-refractivity contribution in [3.8, 4) is 0 Å². The topological polar surface area (TPSA) is 37.3 Å². The first kappa shape index (κ1) is 9.26. The van der Waals surface area contributed by atoms with Crippen molar-refractivity contribution < 1.29 is 9.90 Å². The zero-order chi connectivity index (χ0) is 9.14. The van der Waals surface area contributed by atoms with Gasteiger partial charge in [0.1, 0.15) is 4.88 Å². The molecule has 3 heteroatoms. The van der Waals surface area contributed by atoms with E-state index in [1.165, 1.54) is 11.3 Å². The van der Waals surface area contributed by atoms with Gasteiger partial charge in [0.05, 0.1) is 0 Å². The summed E-state index contributed by atoms with van der Waals surface area (Å²) < 4.78 is 0. The van der Waals surface area contributed by atoms with Crippen molar-refractivity contribution in [3.63, 3.8) is 0 Å². The average molecular weight is 184 g/mol. The van der Waals surface area contributed by atoms with E-state index < -0.39 is 5.97 Å². The van der Waals surface area contributed by atoms with Gasteiger partial charge >= 0.3 is 5.97 Å². The Balaban J connectivity index is 2.71. The Morgan fingerprint density at radius 2 is 2.33 bits per heavy atom. The molecule has 0 aliphatic carbocycles. The van der Waals surface area contributed by atoms with E-state index in [0.717, 1.165) is 12.0 Å². The van der Waals surface area contributed by atoms with Crippen molar-refractivity contribution in [1.29, 1.82) is 0 Å². The third-order valence-electron chi connectivity index (χ3n) is 1.51. The third-order valence-corrected chi connectivity index (χ3v) is 2.48. The van der Waals surface area contributed by atoms with E-state index >= 15 is 0 Å². The van der Waals surface area contributed by atoms with Gasteiger partial charge in [-0.15, -0.1) is 11.3 Å². The van der Waals surface area contributed by atoms with Crippen molar-refractivity contribution in [2.24, 2.45) is 5.92 Å². The Morgan fingerprint density at radius 1 is 1.67 bits per heavy atom. The minimum absolute atomic E-state index is 0.436. The van der Waals surface area contributed by atoms with Crippen molar-refractivity contribution in [2.45, 2.75) is 20.3 Å². The van der Waals surface area contributed by atoms with Crippen LogP contribution in [0.15, 0.2) is 11.4 Å². The molecule has 1 N–H and O–H groups in total. The summed E-state index contributed by atoms with van der Waals surface area (Å²) in [6.07, 6.45) is 0.962. The smallest absolute Gasteiger partial charge is 0.345 e. The highest BCUT2D eigenvalue weighted by Crippen LogP contribution is 2.17. The highest BCUT2D eigenvalue weighted by atomic mass is 32.1. The number of carboxylic acids is 1. The summed E-state index contributed by atoms with van der Waals surface area (Å²) in [4.78, 5) is 10.9. The van der Waals surface area contributed by atoms with Crippen LogP contribution in [-0.4, -0.2) is 11.1 Å². The van der Waals surface area contributed by atoms with Crippen LogP contribution in [0, 0.1) is 5.92 Å². The van der Waals surface area contributed by atoms with E-state index in [4.69, 9.17) is 5.11 Å². The molecule has 0 saturated carbocycles. The number of hydrogen-bond acceptors (Lipinski definition) is 2. The first-order valence-electron chi connectivity index (χ1n) is 3.90. The lowest BCUT2D eigenvalue weighted by Crippen LogP contribution is -1.93. The number of thiophene rings is 1. The van der Waals surface area contributed by atoms with E-state index in [-0.39, 0.29) is 0 Å². The summed E-state index contributed by atoms with van der Waals surface area (Å²) in [7, 11) is 0.